The summed E-state index contributed by atoms with van der Waals surface area (Å²) in [4.78, 5) is 14.5. The summed E-state index contributed by atoms with van der Waals surface area (Å²) in [6.07, 6.45) is -0.973. The Morgan fingerprint density at radius 2 is 1.66 bits per heavy atom. The molecule has 1 amide bonds. The molecule has 7 heteroatoms. The predicted molar refractivity (Wildman–Crippen MR) is 107 cm³/mol. The van der Waals surface area contributed by atoms with Crippen LogP contribution in [-0.2, 0) is 4.74 Å². The molecule has 4 rings (SSSR count). The fourth-order valence-corrected chi connectivity index (χ4v) is 3.24. The summed E-state index contributed by atoms with van der Waals surface area (Å²) >= 11 is 0. The van der Waals surface area contributed by atoms with Crippen molar-refractivity contribution in [3.8, 4) is 22.9 Å². The van der Waals surface area contributed by atoms with Crippen LogP contribution in [0.2, 0.25) is 0 Å². The summed E-state index contributed by atoms with van der Waals surface area (Å²) in [6.45, 7) is 4.99. The van der Waals surface area contributed by atoms with Crippen LogP contribution in [-0.4, -0.2) is 58.0 Å². The van der Waals surface area contributed by atoms with Gasteiger partial charge in [-0.15, -0.1) is 10.2 Å². The lowest BCUT2D eigenvalue weighted by Gasteiger charge is -2.34. The van der Waals surface area contributed by atoms with E-state index in [4.69, 9.17) is 9.15 Å². The van der Waals surface area contributed by atoms with Gasteiger partial charge in [0.15, 0.2) is 0 Å². The molecule has 0 radical (unpaired) electrons. The van der Waals surface area contributed by atoms with Gasteiger partial charge in [-0.1, -0.05) is 17.7 Å². The van der Waals surface area contributed by atoms with Crippen molar-refractivity contribution in [1.82, 2.24) is 15.1 Å². The maximum absolute atomic E-state index is 12.8. The zero-order valence-corrected chi connectivity index (χ0v) is 16.4. The van der Waals surface area contributed by atoms with Gasteiger partial charge in [0.05, 0.1) is 12.7 Å². The van der Waals surface area contributed by atoms with Crippen molar-refractivity contribution in [2.45, 2.75) is 26.1 Å². The van der Waals surface area contributed by atoms with E-state index in [1.54, 1.807) is 36.1 Å². The number of aromatic nitrogens is 2. The number of morpholine rings is 1. The average molecular weight is 393 g/mol. The smallest absolute Gasteiger partial charge is 0.254 e. The number of hydrogen-bond donors (Lipinski definition) is 1. The maximum atomic E-state index is 12.8. The number of aryl methyl sites for hydroxylation is 1. The number of benzene rings is 2. The molecule has 1 aliphatic rings. The number of rotatable bonds is 4. The topological polar surface area (TPSA) is 88.7 Å². The zero-order chi connectivity index (χ0) is 20.4. The molecule has 1 N–H and O–H groups in total. The van der Waals surface area contributed by atoms with Crippen molar-refractivity contribution >= 4 is 5.91 Å². The van der Waals surface area contributed by atoms with Crippen molar-refractivity contribution in [2.75, 3.05) is 19.7 Å². The van der Waals surface area contributed by atoms with Gasteiger partial charge in [0, 0.05) is 29.8 Å². The Bertz CT molecular complexity index is 980. The van der Waals surface area contributed by atoms with Gasteiger partial charge in [-0.2, -0.15) is 0 Å². The van der Waals surface area contributed by atoms with Crippen molar-refractivity contribution in [3.63, 3.8) is 0 Å². The third-order valence-corrected chi connectivity index (χ3v) is 5.02. The summed E-state index contributed by atoms with van der Waals surface area (Å²) in [7, 11) is 0. The standard InChI is InChI=1S/C22H23N3O4/c1-14-3-5-16(6-4-14)20-23-24-21(29-20)17-7-9-18(10-8-17)22(27)25-11-12-28-19(13-25)15(2)26/h3-10,15,19,26H,11-13H2,1-2H3. The van der Waals surface area contributed by atoms with Crippen molar-refractivity contribution in [2.24, 2.45) is 0 Å². The van der Waals surface area contributed by atoms with Gasteiger partial charge in [-0.05, 0) is 50.2 Å². The molecule has 0 spiro atoms. The van der Waals surface area contributed by atoms with E-state index in [2.05, 4.69) is 10.2 Å². The highest BCUT2D eigenvalue weighted by atomic mass is 16.5. The quantitative estimate of drug-likeness (QED) is 0.733. The number of aliphatic hydroxyl groups excluding tert-OH is 1. The first-order valence-corrected chi connectivity index (χ1v) is 9.61. The lowest BCUT2D eigenvalue weighted by molar-refractivity contribution is -0.0745. The summed E-state index contributed by atoms with van der Waals surface area (Å²) in [6, 6.07) is 15.0. The van der Waals surface area contributed by atoms with E-state index < -0.39 is 6.10 Å². The van der Waals surface area contributed by atoms with E-state index in [1.807, 2.05) is 31.2 Å². The Kier molecular flexibility index (Phi) is 5.42. The number of ether oxygens (including phenoxy) is 1. The third kappa shape index (κ3) is 4.21. The van der Waals surface area contributed by atoms with Crippen LogP contribution >= 0.6 is 0 Å². The van der Waals surface area contributed by atoms with Crippen LogP contribution in [0.5, 0.6) is 0 Å². The average Bonchev–Trinajstić information content (AvgIpc) is 3.24. The molecule has 29 heavy (non-hydrogen) atoms. The van der Waals surface area contributed by atoms with Gasteiger partial charge < -0.3 is 19.2 Å². The van der Waals surface area contributed by atoms with E-state index in [0.29, 0.717) is 37.0 Å². The Hall–Kier alpha value is -3.03. The first-order valence-electron chi connectivity index (χ1n) is 9.61. The minimum absolute atomic E-state index is 0.0867. The van der Waals surface area contributed by atoms with Crippen LogP contribution in [0.15, 0.2) is 52.9 Å². The zero-order valence-electron chi connectivity index (χ0n) is 16.4. The van der Waals surface area contributed by atoms with Crippen molar-refractivity contribution in [1.29, 1.82) is 0 Å². The first-order chi connectivity index (χ1) is 14.0. The van der Waals surface area contributed by atoms with Gasteiger partial charge in [-0.3, -0.25) is 4.79 Å². The molecule has 2 unspecified atom stereocenters. The molecule has 1 saturated heterocycles. The minimum atomic E-state index is -0.617. The number of amides is 1. The van der Waals surface area contributed by atoms with Gasteiger partial charge in [0.25, 0.3) is 5.91 Å². The highest BCUT2D eigenvalue weighted by molar-refractivity contribution is 5.94. The van der Waals surface area contributed by atoms with E-state index >= 15 is 0 Å². The van der Waals surface area contributed by atoms with Gasteiger partial charge in [-0.25, -0.2) is 0 Å². The molecule has 7 nitrogen and oxygen atoms in total. The van der Waals surface area contributed by atoms with Crippen molar-refractivity contribution in [3.05, 3.63) is 59.7 Å². The molecule has 0 aliphatic carbocycles. The maximum Gasteiger partial charge on any atom is 0.254 e. The normalized spacial score (nSPS) is 17.9. The molecule has 3 aromatic rings. The van der Waals surface area contributed by atoms with E-state index in [9.17, 15) is 9.90 Å². The molecular weight excluding hydrogens is 370 g/mol. The van der Waals surface area contributed by atoms with Crippen LogP contribution in [0.4, 0.5) is 0 Å². The van der Waals surface area contributed by atoms with Gasteiger partial charge >= 0.3 is 0 Å². The summed E-state index contributed by atoms with van der Waals surface area (Å²) in [5.41, 5.74) is 3.34. The second-order valence-corrected chi connectivity index (χ2v) is 7.26. The van der Waals surface area contributed by atoms with E-state index in [1.165, 1.54) is 0 Å². The molecular formula is C22H23N3O4. The number of hydrogen-bond acceptors (Lipinski definition) is 6. The first kappa shape index (κ1) is 19.3. The lowest BCUT2D eigenvalue weighted by atomic mass is 10.1. The monoisotopic (exact) mass is 393 g/mol. The largest absolute Gasteiger partial charge is 0.416 e. The van der Waals surface area contributed by atoms with Crippen molar-refractivity contribution < 1.29 is 19.1 Å². The number of aliphatic hydroxyl groups is 1. The summed E-state index contributed by atoms with van der Waals surface area (Å²) in [5.74, 6) is 0.772. The van der Waals surface area contributed by atoms with Crippen LogP contribution < -0.4 is 0 Å². The van der Waals surface area contributed by atoms with Gasteiger partial charge in [0.1, 0.15) is 6.10 Å². The highest BCUT2D eigenvalue weighted by Crippen LogP contribution is 2.25. The van der Waals surface area contributed by atoms with Crippen LogP contribution in [0.25, 0.3) is 22.9 Å². The molecule has 2 atom stereocenters. The molecule has 2 heterocycles. The molecule has 1 aromatic heterocycles. The molecule has 150 valence electrons. The molecule has 1 aliphatic heterocycles. The van der Waals surface area contributed by atoms with E-state index in [0.717, 1.165) is 16.7 Å². The minimum Gasteiger partial charge on any atom is -0.416 e. The second kappa shape index (κ2) is 8.14. The Morgan fingerprint density at radius 3 is 2.24 bits per heavy atom. The fourth-order valence-electron chi connectivity index (χ4n) is 3.24. The molecule has 1 fully saturated rings. The SMILES string of the molecule is Cc1ccc(-c2nnc(-c3ccc(C(=O)N4CCOC(C(C)O)C4)cc3)o2)cc1. The summed E-state index contributed by atoms with van der Waals surface area (Å²) < 4.78 is 11.3. The van der Waals surface area contributed by atoms with E-state index in [-0.39, 0.29) is 12.0 Å². The molecule has 0 bridgehead atoms. The molecule has 2 aromatic carbocycles. The fraction of sp³-hybridized carbons (Fsp3) is 0.318. The number of carbonyl (C=O) groups is 1. The van der Waals surface area contributed by atoms with Gasteiger partial charge in [0.2, 0.25) is 11.8 Å². The Balaban J connectivity index is 1.48. The van der Waals surface area contributed by atoms with Crippen LogP contribution in [0.3, 0.4) is 0 Å². The van der Waals surface area contributed by atoms with Crippen LogP contribution in [0.1, 0.15) is 22.8 Å². The lowest BCUT2D eigenvalue weighted by Crippen LogP contribution is -2.49. The number of nitrogens with zero attached hydrogens (tertiary/aromatic N) is 3. The molecule has 0 saturated carbocycles. The summed E-state index contributed by atoms with van der Waals surface area (Å²) in [5, 5.41) is 18.0. The second-order valence-electron chi connectivity index (χ2n) is 7.26. The number of carbonyl (C=O) groups excluding carboxylic acids is 1. The Labute approximate surface area is 168 Å². The predicted octanol–water partition coefficient (Wildman–Crippen LogP) is 2.93. The van der Waals surface area contributed by atoms with Crippen LogP contribution in [0, 0.1) is 6.92 Å². The highest BCUT2D eigenvalue weighted by Gasteiger charge is 2.27. The third-order valence-electron chi connectivity index (χ3n) is 5.02. The Morgan fingerprint density at radius 1 is 1.07 bits per heavy atom.